The first-order valence-electron chi connectivity index (χ1n) is 3.09. The van der Waals surface area contributed by atoms with Crippen LogP contribution < -0.4 is 0 Å². The summed E-state index contributed by atoms with van der Waals surface area (Å²) in [6.45, 7) is 1.54. The summed E-state index contributed by atoms with van der Waals surface area (Å²) in [4.78, 5) is 11.1. The first-order valence-corrected chi connectivity index (χ1v) is 5.12. The van der Waals surface area contributed by atoms with E-state index in [0.29, 0.717) is 12.3 Å². The molecule has 9 heavy (non-hydrogen) atoms. The smallest absolute Gasteiger partial charge is 0.203 e. The minimum absolute atomic E-state index is 0.476. The van der Waals surface area contributed by atoms with Gasteiger partial charge in [-0.3, -0.25) is 4.57 Å². The van der Waals surface area contributed by atoms with E-state index in [2.05, 4.69) is 4.90 Å². The molecule has 0 amide bonds. The molecule has 0 aromatic rings. The molecular weight excluding hydrogens is 137 g/mol. The predicted octanol–water partition coefficient (Wildman–Crippen LogP) is 0.202. The van der Waals surface area contributed by atoms with Crippen LogP contribution >= 0.6 is 7.37 Å². The maximum atomic E-state index is 10.9. The van der Waals surface area contributed by atoms with Crippen molar-refractivity contribution < 1.29 is 9.46 Å². The van der Waals surface area contributed by atoms with Crippen molar-refractivity contribution in [2.24, 2.45) is 0 Å². The van der Waals surface area contributed by atoms with Crippen LogP contribution in [0.3, 0.4) is 0 Å². The van der Waals surface area contributed by atoms with Crippen LogP contribution in [0.1, 0.15) is 0 Å². The summed E-state index contributed by atoms with van der Waals surface area (Å²) in [5.41, 5.74) is 0. The molecule has 4 heteroatoms. The van der Waals surface area contributed by atoms with Crippen molar-refractivity contribution in [2.75, 3.05) is 32.5 Å². The molecule has 1 aliphatic rings. The fraction of sp³-hybridized carbons (Fsp3) is 1.00. The van der Waals surface area contributed by atoms with Crippen molar-refractivity contribution in [3.63, 3.8) is 0 Å². The summed E-state index contributed by atoms with van der Waals surface area (Å²) >= 11 is 0. The second kappa shape index (κ2) is 2.41. The average molecular weight is 149 g/mol. The van der Waals surface area contributed by atoms with Crippen LogP contribution in [0.25, 0.3) is 0 Å². The maximum Gasteiger partial charge on any atom is 0.203 e. The number of hydrogen-bond acceptors (Lipinski definition) is 2. The van der Waals surface area contributed by atoms with Gasteiger partial charge in [-0.1, -0.05) is 0 Å². The van der Waals surface area contributed by atoms with E-state index in [0.717, 1.165) is 13.1 Å². The van der Waals surface area contributed by atoms with Gasteiger partial charge in [0.25, 0.3) is 0 Å². The van der Waals surface area contributed by atoms with Crippen LogP contribution in [0.5, 0.6) is 0 Å². The van der Waals surface area contributed by atoms with E-state index in [1.54, 1.807) is 0 Å². The summed E-state index contributed by atoms with van der Waals surface area (Å²) in [5.74, 6) is 0. The van der Waals surface area contributed by atoms with E-state index in [-0.39, 0.29) is 0 Å². The Morgan fingerprint density at radius 2 is 1.89 bits per heavy atom. The summed E-state index contributed by atoms with van der Waals surface area (Å²) < 4.78 is 10.9. The van der Waals surface area contributed by atoms with Gasteiger partial charge in [0.2, 0.25) is 7.37 Å². The highest BCUT2D eigenvalue weighted by Gasteiger charge is 2.23. The number of hydrogen-bond donors (Lipinski definition) is 1. The van der Waals surface area contributed by atoms with Gasteiger partial charge in [-0.25, -0.2) is 0 Å². The zero-order valence-electron chi connectivity index (χ0n) is 5.58. The Morgan fingerprint density at radius 3 is 2.22 bits per heavy atom. The topological polar surface area (TPSA) is 40.5 Å². The Kier molecular flexibility index (Phi) is 1.94. The highest BCUT2D eigenvalue weighted by atomic mass is 31.2. The van der Waals surface area contributed by atoms with Crippen LogP contribution in [-0.2, 0) is 4.57 Å². The molecule has 1 saturated heterocycles. The Balaban J connectivity index is 2.44. The Labute approximate surface area is 55.1 Å². The molecule has 1 rings (SSSR count). The standard InChI is InChI=1S/C5H12NO2P/c1-6-2-4-9(7,8)5-3-6/h2-5H2,1H3,(H,7,8). The minimum atomic E-state index is -2.67. The lowest BCUT2D eigenvalue weighted by atomic mass is 10.6. The van der Waals surface area contributed by atoms with Gasteiger partial charge in [0, 0.05) is 25.4 Å². The second-order valence-corrected chi connectivity index (χ2v) is 5.18. The van der Waals surface area contributed by atoms with Gasteiger partial charge in [-0.15, -0.1) is 0 Å². The highest BCUT2D eigenvalue weighted by Crippen LogP contribution is 2.41. The lowest BCUT2D eigenvalue weighted by Crippen LogP contribution is -2.30. The van der Waals surface area contributed by atoms with Crippen molar-refractivity contribution >= 4 is 7.37 Å². The Hall–Kier alpha value is 0.150. The zero-order chi connectivity index (χ0) is 6.91. The van der Waals surface area contributed by atoms with Crippen LogP contribution in [0, 0.1) is 0 Å². The molecule has 0 aromatic carbocycles. The molecule has 0 aromatic heterocycles. The third kappa shape index (κ3) is 2.09. The molecule has 0 unspecified atom stereocenters. The van der Waals surface area contributed by atoms with Crippen molar-refractivity contribution in [1.29, 1.82) is 0 Å². The van der Waals surface area contributed by atoms with Gasteiger partial charge in [-0.05, 0) is 7.05 Å². The zero-order valence-corrected chi connectivity index (χ0v) is 6.47. The Morgan fingerprint density at radius 1 is 1.44 bits per heavy atom. The van der Waals surface area contributed by atoms with Crippen molar-refractivity contribution in [1.82, 2.24) is 4.90 Å². The molecule has 1 heterocycles. The van der Waals surface area contributed by atoms with Gasteiger partial charge in [0.1, 0.15) is 0 Å². The molecule has 1 aliphatic heterocycles. The predicted molar refractivity (Wildman–Crippen MR) is 37.1 cm³/mol. The Bertz CT molecular complexity index is 136. The van der Waals surface area contributed by atoms with Gasteiger partial charge in [0.05, 0.1) is 0 Å². The minimum Gasteiger partial charge on any atom is -0.344 e. The van der Waals surface area contributed by atoms with E-state index in [9.17, 15) is 4.57 Å². The van der Waals surface area contributed by atoms with Crippen LogP contribution in [0.2, 0.25) is 0 Å². The maximum absolute atomic E-state index is 10.9. The molecular formula is C5H12NO2P. The van der Waals surface area contributed by atoms with Crippen LogP contribution in [0.4, 0.5) is 0 Å². The first kappa shape index (κ1) is 7.26. The summed E-state index contributed by atoms with van der Waals surface area (Å²) in [5, 5.41) is 0. The lowest BCUT2D eigenvalue weighted by Gasteiger charge is -2.25. The SMILES string of the molecule is CN1CCP(=O)(O)CC1. The molecule has 3 nitrogen and oxygen atoms in total. The highest BCUT2D eigenvalue weighted by molar-refractivity contribution is 7.58. The largest absolute Gasteiger partial charge is 0.344 e. The molecule has 0 aliphatic carbocycles. The molecule has 0 bridgehead atoms. The monoisotopic (exact) mass is 149 g/mol. The third-order valence-corrected chi connectivity index (χ3v) is 3.46. The van der Waals surface area contributed by atoms with Crippen LogP contribution in [-0.4, -0.2) is 42.3 Å². The molecule has 54 valence electrons. The molecule has 1 fully saturated rings. The number of nitrogens with zero attached hydrogens (tertiary/aromatic N) is 1. The average Bonchev–Trinajstić information content (AvgIpc) is 1.78. The molecule has 0 spiro atoms. The molecule has 1 N–H and O–H groups in total. The van der Waals surface area contributed by atoms with Gasteiger partial charge in [-0.2, -0.15) is 0 Å². The fourth-order valence-corrected chi connectivity index (χ4v) is 2.41. The fourth-order valence-electron chi connectivity index (χ4n) is 0.878. The first-order chi connectivity index (χ1) is 4.10. The van der Waals surface area contributed by atoms with Crippen molar-refractivity contribution in [3.05, 3.63) is 0 Å². The molecule has 0 atom stereocenters. The van der Waals surface area contributed by atoms with Gasteiger partial charge >= 0.3 is 0 Å². The van der Waals surface area contributed by atoms with E-state index >= 15 is 0 Å². The third-order valence-electron chi connectivity index (χ3n) is 1.66. The number of rotatable bonds is 0. The summed E-state index contributed by atoms with van der Waals surface area (Å²) in [7, 11) is -0.694. The van der Waals surface area contributed by atoms with Crippen LogP contribution in [0.15, 0.2) is 0 Å². The quantitative estimate of drug-likeness (QED) is 0.500. The lowest BCUT2D eigenvalue weighted by molar-refractivity contribution is 0.341. The van der Waals surface area contributed by atoms with E-state index in [1.165, 1.54) is 0 Å². The van der Waals surface area contributed by atoms with Gasteiger partial charge in [0.15, 0.2) is 0 Å². The van der Waals surface area contributed by atoms with Crippen molar-refractivity contribution in [2.45, 2.75) is 0 Å². The van der Waals surface area contributed by atoms with Gasteiger partial charge < -0.3 is 9.79 Å². The van der Waals surface area contributed by atoms with E-state index < -0.39 is 7.37 Å². The van der Waals surface area contributed by atoms with E-state index in [1.807, 2.05) is 7.05 Å². The summed E-state index contributed by atoms with van der Waals surface area (Å²) in [6, 6.07) is 0. The van der Waals surface area contributed by atoms with Crippen molar-refractivity contribution in [3.8, 4) is 0 Å². The normalized spacial score (nSPS) is 28.2. The second-order valence-electron chi connectivity index (χ2n) is 2.60. The molecule has 0 radical (unpaired) electrons. The van der Waals surface area contributed by atoms with E-state index in [4.69, 9.17) is 4.89 Å². The molecule has 0 saturated carbocycles. The summed E-state index contributed by atoms with van der Waals surface area (Å²) in [6.07, 6.45) is 0.951.